The molecule has 25 heavy (non-hydrogen) atoms. The SMILES string of the molecule is O=S(=O)(Cc1ccc(Cl)cc1)N1CCOC(c2cc(Cl)cc(Cl)c2)C1. The molecule has 134 valence electrons. The van der Waals surface area contributed by atoms with Gasteiger partial charge in [0.2, 0.25) is 10.0 Å². The molecule has 1 fully saturated rings. The molecule has 0 N–H and O–H groups in total. The first-order valence-electron chi connectivity index (χ1n) is 7.63. The summed E-state index contributed by atoms with van der Waals surface area (Å²) in [5.41, 5.74) is 1.46. The Morgan fingerprint density at radius 2 is 1.64 bits per heavy atom. The Labute approximate surface area is 162 Å². The third-order valence-electron chi connectivity index (χ3n) is 3.94. The molecule has 1 aliphatic heterocycles. The summed E-state index contributed by atoms with van der Waals surface area (Å²) in [6.07, 6.45) is -0.398. The summed E-state index contributed by atoms with van der Waals surface area (Å²) >= 11 is 17.9. The standard InChI is InChI=1S/C17H16Cl3NO3S/c18-14-3-1-12(2-4-14)11-25(22,23)21-5-6-24-17(10-21)13-7-15(19)9-16(20)8-13/h1-4,7-9,17H,5-6,10-11H2. The van der Waals surface area contributed by atoms with Crippen LogP contribution in [0.25, 0.3) is 0 Å². The molecule has 2 aromatic carbocycles. The quantitative estimate of drug-likeness (QED) is 0.729. The molecule has 0 aromatic heterocycles. The summed E-state index contributed by atoms with van der Waals surface area (Å²) in [4.78, 5) is 0. The van der Waals surface area contributed by atoms with Crippen molar-refractivity contribution in [3.63, 3.8) is 0 Å². The zero-order valence-electron chi connectivity index (χ0n) is 13.2. The predicted molar refractivity (Wildman–Crippen MR) is 101 cm³/mol. The lowest BCUT2D eigenvalue weighted by molar-refractivity contribution is -0.00259. The third kappa shape index (κ3) is 4.88. The van der Waals surface area contributed by atoms with Gasteiger partial charge in [0.05, 0.1) is 18.5 Å². The van der Waals surface area contributed by atoms with E-state index in [9.17, 15) is 8.42 Å². The fourth-order valence-electron chi connectivity index (χ4n) is 2.72. The van der Waals surface area contributed by atoms with E-state index in [4.69, 9.17) is 39.5 Å². The van der Waals surface area contributed by atoms with Crippen LogP contribution in [0.2, 0.25) is 15.1 Å². The molecule has 8 heteroatoms. The average Bonchev–Trinajstić information content (AvgIpc) is 2.56. The van der Waals surface area contributed by atoms with E-state index < -0.39 is 16.1 Å². The molecule has 1 heterocycles. The Kier molecular flexibility index (Phi) is 5.93. The molecular weight excluding hydrogens is 405 g/mol. The number of nitrogens with zero attached hydrogens (tertiary/aromatic N) is 1. The molecule has 4 nitrogen and oxygen atoms in total. The smallest absolute Gasteiger partial charge is 0.218 e. The average molecular weight is 421 g/mol. The van der Waals surface area contributed by atoms with Crippen LogP contribution in [0.4, 0.5) is 0 Å². The van der Waals surface area contributed by atoms with E-state index in [1.807, 2.05) is 0 Å². The maximum Gasteiger partial charge on any atom is 0.218 e. The number of rotatable bonds is 4. The van der Waals surface area contributed by atoms with Crippen molar-refractivity contribution in [3.8, 4) is 0 Å². The van der Waals surface area contributed by atoms with Gasteiger partial charge in [-0.2, -0.15) is 4.31 Å². The van der Waals surface area contributed by atoms with Gasteiger partial charge in [0.25, 0.3) is 0 Å². The highest BCUT2D eigenvalue weighted by Gasteiger charge is 2.30. The molecule has 0 spiro atoms. The summed E-state index contributed by atoms with van der Waals surface area (Å²) in [5, 5.41) is 1.56. The Morgan fingerprint density at radius 3 is 2.28 bits per heavy atom. The summed E-state index contributed by atoms with van der Waals surface area (Å²) < 4.78 is 32.6. The molecule has 0 amide bonds. The lowest BCUT2D eigenvalue weighted by Gasteiger charge is -2.32. The van der Waals surface area contributed by atoms with Crippen LogP contribution in [-0.4, -0.2) is 32.4 Å². The molecule has 0 aliphatic carbocycles. The fraction of sp³-hybridized carbons (Fsp3) is 0.294. The first kappa shape index (κ1) is 19.0. The van der Waals surface area contributed by atoms with Crippen molar-refractivity contribution in [3.05, 3.63) is 68.7 Å². The van der Waals surface area contributed by atoms with E-state index in [0.717, 1.165) is 5.56 Å². The van der Waals surface area contributed by atoms with Crippen molar-refractivity contribution in [2.45, 2.75) is 11.9 Å². The number of morpholine rings is 1. The molecule has 0 radical (unpaired) electrons. The zero-order valence-corrected chi connectivity index (χ0v) is 16.2. The van der Waals surface area contributed by atoms with E-state index in [1.54, 1.807) is 42.5 Å². The van der Waals surface area contributed by atoms with Crippen molar-refractivity contribution >= 4 is 44.8 Å². The second-order valence-corrected chi connectivity index (χ2v) is 9.08. The summed E-state index contributed by atoms with van der Waals surface area (Å²) in [6.45, 7) is 0.863. The van der Waals surface area contributed by atoms with E-state index >= 15 is 0 Å². The summed E-state index contributed by atoms with van der Waals surface area (Å²) in [7, 11) is -3.47. The van der Waals surface area contributed by atoms with Gasteiger partial charge in [-0.25, -0.2) is 8.42 Å². The number of sulfonamides is 1. The molecule has 1 atom stereocenters. The molecule has 2 aromatic rings. The van der Waals surface area contributed by atoms with Gasteiger partial charge in [-0.3, -0.25) is 0 Å². The molecule has 1 aliphatic rings. The monoisotopic (exact) mass is 419 g/mol. The van der Waals surface area contributed by atoms with Gasteiger partial charge in [-0.05, 0) is 41.5 Å². The minimum atomic E-state index is -3.47. The Bertz CT molecular complexity index is 836. The van der Waals surface area contributed by atoms with Crippen LogP contribution in [0, 0.1) is 0 Å². The molecular formula is C17H16Cl3NO3S. The number of halogens is 3. The number of ether oxygens (including phenoxy) is 1. The predicted octanol–water partition coefficient (Wildman–Crippen LogP) is 4.55. The van der Waals surface area contributed by atoms with E-state index in [1.165, 1.54) is 4.31 Å². The van der Waals surface area contributed by atoms with Crippen LogP contribution >= 0.6 is 34.8 Å². The third-order valence-corrected chi connectivity index (χ3v) is 6.45. The van der Waals surface area contributed by atoms with Gasteiger partial charge in [0, 0.05) is 28.2 Å². The van der Waals surface area contributed by atoms with Crippen LogP contribution in [0.3, 0.4) is 0 Å². The van der Waals surface area contributed by atoms with E-state index in [2.05, 4.69) is 0 Å². The van der Waals surface area contributed by atoms with Crippen molar-refractivity contribution in [1.29, 1.82) is 0 Å². The highest BCUT2D eigenvalue weighted by molar-refractivity contribution is 7.88. The lowest BCUT2D eigenvalue weighted by Crippen LogP contribution is -2.42. The Hall–Kier alpha value is -0.820. The molecule has 0 bridgehead atoms. The van der Waals surface area contributed by atoms with Gasteiger partial charge >= 0.3 is 0 Å². The van der Waals surface area contributed by atoms with Gasteiger partial charge in [-0.15, -0.1) is 0 Å². The molecule has 1 unspecified atom stereocenters. The van der Waals surface area contributed by atoms with Gasteiger partial charge in [-0.1, -0.05) is 46.9 Å². The summed E-state index contributed by atoms with van der Waals surface area (Å²) in [5.74, 6) is -0.0762. The minimum Gasteiger partial charge on any atom is -0.371 e. The first-order valence-corrected chi connectivity index (χ1v) is 10.4. The van der Waals surface area contributed by atoms with Crippen LogP contribution in [-0.2, 0) is 20.5 Å². The summed E-state index contributed by atoms with van der Waals surface area (Å²) in [6, 6.07) is 11.9. The van der Waals surface area contributed by atoms with Crippen LogP contribution in [0.1, 0.15) is 17.2 Å². The maximum absolute atomic E-state index is 12.7. The topological polar surface area (TPSA) is 46.6 Å². The fourth-order valence-corrected chi connectivity index (χ4v) is 4.90. The normalized spacial score (nSPS) is 19.1. The highest BCUT2D eigenvalue weighted by atomic mass is 35.5. The van der Waals surface area contributed by atoms with Gasteiger partial charge < -0.3 is 4.74 Å². The Morgan fingerprint density at radius 1 is 1.00 bits per heavy atom. The maximum atomic E-state index is 12.7. The van der Waals surface area contributed by atoms with Crippen LogP contribution < -0.4 is 0 Å². The Balaban J connectivity index is 1.76. The second-order valence-electron chi connectivity index (χ2n) is 5.80. The largest absolute Gasteiger partial charge is 0.371 e. The minimum absolute atomic E-state index is 0.0762. The highest BCUT2D eigenvalue weighted by Crippen LogP contribution is 2.29. The van der Waals surface area contributed by atoms with Crippen LogP contribution in [0.5, 0.6) is 0 Å². The number of hydrogen-bond acceptors (Lipinski definition) is 3. The van der Waals surface area contributed by atoms with Gasteiger partial charge in [0.1, 0.15) is 0 Å². The number of hydrogen-bond donors (Lipinski definition) is 0. The van der Waals surface area contributed by atoms with E-state index in [0.29, 0.717) is 33.8 Å². The van der Waals surface area contributed by atoms with Crippen molar-refractivity contribution in [2.24, 2.45) is 0 Å². The number of benzene rings is 2. The van der Waals surface area contributed by atoms with Crippen LogP contribution in [0.15, 0.2) is 42.5 Å². The first-order chi connectivity index (χ1) is 11.8. The van der Waals surface area contributed by atoms with Crippen molar-refractivity contribution in [1.82, 2.24) is 4.31 Å². The zero-order chi connectivity index (χ0) is 18.0. The van der Waals surface area contributed by atoms with Crippen molar-refractivity contribution in [2.75, 3.05) is 19.7 Å². The molecule has 0 saturated carbocycles. The van der Waals surface area contributed by atoms with E-state index in [-0.39, 0.29) is 12.3 Å². The second kappa shape index (κ2) is 7.82. The molecule has 3 rings (SSSR count). The van der Waals surface area contributed by atoms with Crippen molar-refractivity contribution < 1.29 is 13.2 Å². The molecule has 1 saturated heterocycles. The lowest BCUT2D eigenvalue weighted by atomic mass is 10.1. The van der Waals surface area contributed by atoms with Gasteiger partial charge in [0.15, 0.2) is 0 Å².